The number of benzene rings is 2. The van der Waals surface area contributed by atoms with E-state index in [4.69, 9.17) is 4.74 Å². The number of pyridine rings is 1. The van der Waals surface area contributed by atoms with Gasteiger partial charge in [0.15, 0.2) is 0 Å². The van der Waals surface area contributed by atoms with Crippen LogP contribution in [-0.2, 0) is 18.0 Å². The molecule has 1 aromatic heterocycles. The Morgan fingerprint density at radius 3 is 2.24 bits per heavy atom. The normalized spacial score (nSPS) is 10.5. The minimum atomic E-state index is 0.562. The number of ether oxygens (including phenoxy) is 1. The Balaban J connectivity index is 1.71. The van der Waals surface area contributed by atoms with E-state index in [1.807, 2.05) is 54.9 Å². The molecule has 104 valence electrons. The molecule has 0 bridgehead atoms. The molecule has 0 saturated heterocycles. The maximum atomic E-state index is 5.83. The summed E-state index contributed by atoms with van der Waals surface area (Å²) in [6, 6.07) is 22.6. The van der Waals surface area contributed by atoms with Gasteiger partial charge >= 0.3 is 0 Å². The van der Waals surface area contributed by atoms with E-state index in [0.717, 1.165) is 5.56 Å². The second kappa shape index (κ2) is 6.82. The Hall–Kier alpha value is -2.45. The summed E-state index contributed by atoms with van der Waals surface area (Å²) in [6.45, 7) is 1.18. The van der Waals surface area contributed by atoms with Crippen molar-refractivity contribution in [1.29, 1.82) is 0 Å². The first-order valence-electron chi connectivity index (χ1n) is 7.03. The summed E-state index contributed by atoms with van der Waals surface area (Å²) in [4.78, 5) is 4.22. The van der Waals surface area contributed by atoms with Crippen molar-refractivity contribution in [3.8, 4) is 11.1 Å². The van der Waals surface area contributed by atoms with Crippen molar-refractivity contribution in [3.63, 3.8) is 0 Å². The topological polar surface area (TPSA) is 22.1 Å². The van der Waals surface area contributed by atoms with Gasteiger partial charge in [-0.1, -0.05) is 60.7 Å². The Labute approximate surface area is 125 Å². The zero-order chi connectivity index (χ0) is 14.3. The van der Waals surface area contributed by atoms with Crippen LogP contribution < -0.4 is 0 Å². The van der Waals surface area contributed by atoms with Crippen molar-refractivity contribution in [2.75, 3.05) is 0 Å². The number of rotatable bonds is 5. The maximum absolute atomic E-state index is 5.83. The Bertz CT molecular complexity index is 680. The van der Waals surface area contributed by atoms with Gasteiger partial charge < -0.3 is 4.74 Å². The second-order valence-corrected chi connectivity index (χ2v) is 4.88. The van der Waals surface area contributed by atoms with Gasteiger partial charge in [0, 0.05) is 18.0 Å². The van der Waals surface area contributed by atoms with Gasteiger partial charge in [0.1, 0.15) is 0 Å². The monoisotopic (exact) mass is 275 g/mol. The van der Waals surface area contributed by atoms with Crippen molar-refractivity contribution < 1.29 is 4.74 Å². The highest BCUT2D eigenvalue weighted by atomic mass is 16.5. The van der Waals surface area contributed by atoms with Crippen molar-refractivity contribution in [2.24, 2.45) is 0 Å². The predicted molar refractivity (Wildman–Crippen MR) is 84.6 cm³/mol. The third-order valence-corrected chi connectivity index (χ3v) is 3.36. The molecule has 0 fully saturated rings. The van der Waals surface area contributed by atoms with E-state index in [1.54, 1.807) is 0 Å². The van der Waals surface area contributed by atoms with Gasteiger partial charge in [-0.25, -0.2) is 0 Å². The smallest absolute Gasteiger partial charge is 0.0742 e. The minimum absolute atomic E-state index is 0.562. The summed E-state index contributed by atoms with van der Waals surface area (Å²) in [7, 11) is 0. The quantitative estimate of drug-likeness (QED) is 0.685. The van der Waals surface area contributed by atoms with Crippen LogP contribution in [0.3, 0.4) is 0 Å². The number of aromatic nitrogens is 1. The Kier molecular flexibility index (Phi) is 4.39. The average molecular weight is 275 g/mol. The Morgan fingerprint density at radius 2 is 1.48 bits per heavy atom. The molecule has 2 nitrogen and oxygen atoms in total. The zero-order valence-corrected chi connectivity index (χ0v) is 11.8. The van der Waals surface area contributed by atoms with Crippen LogP contribution in [-0.4, -0.2) is 4.98 Å². The lowest BCUT2D eigenvalue weighted by molar-refractivity contribution is 0.107. The summed E-state index contributed by atoms with van der Waals surface area (Å²) in [5.74, 6) is 0. The van der Waals surface area contributed by atoms with Gasteiger partial charge in [-0.2, -0.15) is 0 Å². The molecular weight excluding hydrogens is 258 g/mol. The maximum Gasteiger partial charge on any atom is 0.0742 e. The molecule has 3 aromatic rings. The van der Waals surface area contributed by atoms with E-state index in [9.17, 15) is 0 Å². The summed E-state index contributed by atoms with van der Waals surface area (Å²) in [5.41, 5.74) is 4.67. The number of nitrogens with zero attached hydrogens (tertiary/aromatic N) is 1. The van der Waals surface area contributed by atoms with Gasteiger partial charge in [0.2, 0.25) is 0 Å². The van der Waals surface area contributed by atoms with Gasteiger partial charge in [-0.05, 0) is 22.8 Å². The summed E-state index contributed by atoms with van der Waals surface area (Å²) in [5, 5.41) is 0. The molecule has 0 aliphatic rings. The Morgan fingerprint density at radius 1 is 0.762 bits per heavy atom. The minimum Gasteiger partial charge on any atom is -0.372 e. The summed E-state index contributed by atoms with van der Waals surface area (Å²) < 4.78 is 5.83. The highest BCUT2D eigenvalue weighted by Gasteiger charge is 2.05. The summed E-state index contributed by atoms with van der Waals surface area (Å²) >= 11 is 0. The summed E-state index contributed by atoms with van der Waals surface area (Å²) in [6.07, 6.45) is 3.70. The molecule has 0 amide bonds. The van der Waals surface area contributed by atoms with E-state index in [1.165, 1.54) is 16.7 Å². The van der Waals surface area contributed by atoms with Crippen molar-refractivity contribution >= 4 is 0 Å². The standard InChI is InChI=1S/C19H17NO/c1-3-7-16(8-4-1)14-21-15-18-13-20-12-11-19(18)17-9-5-2-6-10-17/h1-13H,14-15H2. The van der Waals surface area contributed by atoms with Gasteiger partial charge in [0.05, 0.1) is 13.2 Å². The predicted octanol–water partition coefficient (Wildman–Crippen LogP) is 4.47. The van der Waals surface area contributed by atoms with Crippen LogP contribution in [0.2, 0.25) is 0 Å². The first-order valence-corrected chi connectivity index (χ1v) is 7.03. The largest absolute Gasteiger partial charge is 0.372 e. The van der Waals surface area contributed by atoms with Crippen LogP contribution in [0.4, 0.5) is 0 Å². The van der Waals surface area contributed by atoms with Crippen molar-refractivity contribution in [2.45, 2.75) is 13.2 Å². The zero-order valence-electron chi connectivity index (χ0n) is 11.8. The lowest BCUT2D eigenvalue weighted by Crippen LogP contribution is -1.97. The second-order valence-electron chi connectivity index (χ2n) is 4.88. The highest BCUT2D eigenvalue weighted by Crippen LogP contribution is 2.23. The van der Waals surface area contributed by atoms with E-state index in [0.29, 0.717) is 13.2 Å². The molecule has 3 rings (SSSR count). The van der Waals surface area contributed by atoms with Gasteiger partial charge in [-0.3, -0.25) is 4.98 Å². The third kappa shape index (κ3) is 3.56. The average Bonchev–Trinajstić information content (AvgIpc) is 2.57. The van der Waals surface area contributed by atoms with E-state index in [-0.39, 0.29) is 0 Å². The van der Waals surface area contributed by atoms with E-state index < -0.39 is 0 Å². The SMILES string of the molecule is c1ccc(COCc2cnccc2-c2ccccc2)cc1. The molecule has 0 aliphatic heterocycles. The van der Waals surface area contributed by atoms with E-state index in [2.05, 4.69) is 29.2 Å². The lowest BCUT2D eigenvalue weighted by Gasteiger charge is -2.10. The molecule has 1 heterocycles. The lowest BCUT2D eigenvalue weighted by atomic mass is 10.0. The van der Waals surface area contributed by atoms with Gasteiger partial charge in [0.25, 0.3) is 0 Å². The van der Waals surface area contributed by atoms with Crippen LogP contribution in [0.15, 0.2) is 79.1 Å². The molecule has 0 unspecified atom stereocenters. The van der Waals surface area contributed by atoms with Crippen LogP contribution in [0.25, 0.3) is 11.1 Å². The molecule has 21 heavy (non-hydrogen) atoms. The molecule has 0 radical (unpaired) electrons. The molecule has 0 N–H and O–H groups in total. The molecule has 0 aliphatic carbocycles. The molecule has 2 aromatic carbocycles. The molecular formula is C19H17NO. The molecule has 0 spiro atoms. The fraction of sp³-hybridized carbons (Fsp3) is 0.105. The van der Waals surface area contributed by atoms with Crippen molar-refractivity contribution in [1.82, 2.24) is 4.98 Å². The van der Waals surface area contributed by atoms with Gasteiger partial charge in [-0.15, -0.1) is 0 Å². The highest BCUT2D eigenvalue weighted by molar-refractivity contribution is 5.66. The van der Waals surface area contributed by atoms with Crippen LogP contribution in [0.5, 0.6) is 0 Å². The first-order chi connectivity index (χ1) is 10.4. The van der Waals surface area contributed by atoms with E-state index >= 15 is 0 Å². The van der Waals surface area contributed by atoms with Crippen LogP contribution in [0, 0.1) is 0 Å². The van der Waals surface area contributed by atoms with Crippen LogP contribution >= 0.6 is 0 Å². The number of hydrogen-bond acceptors (Lipinski definition) is 2. The molecule has 0 atom stereocenters. The first kappa shape index (κ1) is 13.5. The fourth-order valence-electron chi connectivity index (χ4n) is 2.29. The third-order valence-electron chi connectivity index (χ3n) is 3.36. The number of hydrogen-bond donors (Lipinski definition) is 0. The fourth-order valence-corrected chi connectivity index (χ4v) is 2.29. The molecule has 0 saturated carbocycles. The van der Waals surface area contributed by atoms with Crippen LogP contribution in [0.1, 0.15) is 11.1 Å². The molecule has 2 heteroatoms. The van der Waals surface area contributed by atoms with Crippen molar-refractivity contribution in [3.05, 3.63) is 90.3 Å².